The number of aldehydes is 1. The molecule has 0 amide bonds. The van der Waals surface area contributed by atoms with Crippen LogP contribution in [0.4, 0.5) is 0 Å². The van der Waals surface area contributed by atoms with Crippen LogP contribution in [0, 0.1) is 0 Å². The minimum atomic E-state index is -4.57. The molecule has 0 bridgehead atoms. The Bertz CT molecular complexity index is 226. The van der Waals surface area contributed by atoms with E-state index in [1.807, 2.05) is 0 Å². The molecule has 1 N–H and O–H groups in total. The Morgan fingerprint density at radius 2 is 2.00 bits per heavy atom. The van der Waals surface area contributed by atoms with Crippen molar-refractivity contribution in [3.8, 4) is 0 Å². The maximum Gasteiger partial charge on any atom is 0.328 e. The number of hydrogen-bond donors (Lipinski definition) is 1. The fourth-order valence-corrected chi connectivity index (χ4v) is 0.682. The number of carbonyl (C=O) groups excluding carboxylic acids is 2. The quantitative estimate of drug-likeness (QED) is 0.446. The normalized spacial score (nSPS) is 10.9. The molecule has 0 saturated heterocycles. The van der Waals surface area contributed by atoms with Crippen LogP contribution in [0.15, 0.2) is 0 Å². The maximum atomic E-state index is 10.2. The van der Waals surface area contributed by atoms with Gasteiger partial charge in [-0.2, -0.15) is 8.42 Å². The molecule has 0 fully saturated rings. The van der Waals surface area contributed by atoms with Gasteiger partial charge in [0.2, 0.25) is 0 Å². The minimum absolute atomic E-state index is 0.182. The van der Waals surface area contributed by atoms with Crippen LogP contribution >= 0.6 is 0 Å². The fourth-order valence-electron chi connectivity index (χ4n) is 0.306. The summed E-state index contributed by atoms with van der Waals surface area (Å²) in [5, 5.41) is -1.32. The summed E-state index contributed by atoms with van der Waals surface area (Å²) in [6, 6.07) is 0. The Hall–Kier alpha value is -0.750. The van der Waals surface area contributed by atoms with Crippen LogP contribution in [-0.2, 0) is 19.7 Å². The van der Waals surface area contributed by atoms with Gasteiger partial charge < -0.3 is 4.79 Å². The van der Waals surface area contributed by atoms with Gasteiger partial charge in [-0.05, 0) is 0 Å². The predicted octanol–water partition coefficient (Wildman–Crippen LogP) is -0.620. The number of hydrogen-bond acceptors (Lipinski definition) is 4. The lowest BCUT2D eigenvalue weighted by atomic mass is 10.4. The van der Waals surface area contributed by atoms with Gasteiger partial charge in [-0.3, -0.25) is 9.35 Å². The van der Waals surface area contributed by atoms with Gasteiger partial charge in [-0.25, -0.2) is 0 Å². The van der Waals surface area contributed by atoms with Gasteiger partial charge in [-0.1, -0.05) is 0 Å². The van der Waals surface area contributed by atoms with E-state index in [0.29, 0.717) is 6.29 Å². The monoisotopic (exact) mass is 166 g/mol. The molecule has 5 nitrogen and oxygen atoms in total. The van der Waals surface area contributed by atoms with Gasteiger partial charge in [0.1, 0.15) is 6.29 Å². The van der Waals surface area contributed by atoms with E-state index in [2.05, 4.69) is 0 Å². The molecular formula is C4H6O5S. The zero-order valence-corrected chi connectivity index (χ0v) is 5.80. The van der Waals surface area contributed by atoms with Crippen LogP contribution in [0.25, 0.3) is 0 Å². The molecule has 0 aliphatic carbocycles. The van der Waals surface area contributed by atoms with Crippen molar-refractivity contribution in [2.24, 2.45) is 0 Å². The predicted molar refractivity (Wildman–Crippen MR) is 31.9 cm³/mol. The van der Waals surface area contributed by atoms with Gasteiger partial charge in [0.15, 0.2) is 0 Å². The summed E-state index contributed by atoms with van der Waals surface area (Å²) < 4.78 is 27.9. The van der Waals surface area contributed by atoms with Gasteiger partial charge in [-0.15, -0.1) is 0 Å². The number of carbonyl (C=O) groups is 2. The van der Waals surface area contributed by atoms with E-state index in [0.717, 1.165) is 0 Å². The summed E-state index contributed by atoms with van der Waals surface area (Å²) in [7, 11) is -4.57. The first-order valence-electron chi connectivity index (χ1n) is 2.42. The zero-order valence-electron chi connectivity index (χ0n) is 4.98. The first kappa shape index (κ1) is 9.25. The Morgan fingerprint density at radius 1 is 1.50 bits per heavy atom. The van der Waals surface area contributed by atoms with Crippen LogP contribution in [-0.4, -0.2) is 24.4 Å². The SMILES string of the molecule is O=CCCC(=O)S(=O)(=O)O. The van der Waals surface area contributed by atoms with Gasteiger partial charge in [0.25, 0.3) is 5.12 Å². The molecule has 0 radical (unpaired) electrons. The van der Waals surface area contributed by atoms with E-state index < -0.39 is 21.7 Å². The third kappa shape index (κ3) is 3.31. The van der Waals surface area contributed by atoms with Crippen molar-refractivity contribution in [3.05, 3.63) is 0 Å². The molecule has 58 valence electrons. The molecule has 0 rings (SSSR count). The van der Waals surface area contributed by atoms with Crippen molar-refractivity contribution < 1.29 is 22.6 Å². The summed E-state index contributed by atoms with van der Waals surface area (Å²) in [4.78, 5) is 19.8. The average Bonchev–Trinajstić information content (AvgIpc) is 1.80. The first-order chi connectivity index (χ1) is 4.48. The molecule has 0 unspecified atom stereocenters. The minimum Gasteiger partial charge on any atom is -0.303 e. The molecule has 0 spiro atoms. The standard InChI is InChI=1S/C4H6O5S/c5-3-1-2-4(6)10(7,8)9/h3H,1-2H2,(H,7,8,9). The lowest BCUT2D eigenvalue weighted by Crippen LogP contribution is -2.12. The van der Waals surface area contributed by atoms with Crippen molar-refractivity contribution in [3.63, 3.8) is 0 Å². The van der Waals surface area contributed by atoms with E-state index in [-0.39, 0.29) is 6.42 Å². The Balaban J connectivity index is 4.00. The average molecular weight is 166 g/mol. The zero-order chi connectivity index (χ0) is 8.20. The molecule has 6 heteroatoms. The smallest absolute Gasteiger partial charge is 0.303 e. The molecule has 10 heavy (non-hydrogen) atoms. The van der Waals surface area contributed by atoms with Crippen LogP contribution in [0.5, 0.6) is 0 Å². The van der Waals surface area contributed by atoms with Crippen LogP contribution in [0.2, 0.25) is 0 Å². The summed E-state index contributed by atoms with van der Waals surface area (Å²) in [5.41, 5.74) is 0. The maximum absolute atomic E-state index is 10.2. The summed E-state index contributed by atoms with van der Waals surface area (Å²) >= 11 is 0. The van der Waals surface area contributed by atoms with Crippen molar-refractivity contribution in [1.29, 1.82) is 0 Å². The molecule has 0 aromatic heterocycles. The largest absolute Gasteiger partial charge is 0.328 e. The summed E-state index contributed by atoms with van der Waals surface area (Å²) in [6.45, 7) is 0. The second-order valence-corrected chi connectivity index (χ2v) is 2.96. The second kappa shape index (κ2) is 3.43. The van der Waals surface area contributed by atoms with Crippen molar-refractivity contribution in [1.82, 2.24) is 0 Å². The van der Waals surface area contributed by atoms with Gasteiger partial charge in [0.05, 0.1) is 0 Å². The number of rotatable bonds is 3. The van der Waals surface area contributed by atoms with E-state index in [1.165, 1.54) is 0 Å². The Morgan fingerprint density at radius 3 is 2.30 bits per heavy atom. The summed E-state index contributed by atoms with van der Waals surface area (Å²) in [5.74, 6) is 0. The molecule has 0 aromatic rings. The molecule has 0 aliphatic heterocycles. The van der Waals surface area contributed by atoms with Crippen LogP contribution in [0.3, 0.4) is 0 Å². The highest BCUT2D eigenvalue weighted by molar-refractivity contribution is 8.01. The van der Waals surface area contributed by atoms with Crippen molar-refractivity contribution in [2.75, 3.05) is 0 Å². The van der Waals surface area contributed by atoms with E-state index in [1.54, 1.807) is 0 Å². The van der Waals surface area contributed by atoms with Crippen LogP contribution in [0.1, 0.15) is 12.8 Å². The Labute approximate surface area is 57.8 Å². The molecule has 0 aromatic carbocycles. The second-order valence-electron chi connectivity index (χ2n) is 1.55. The third-order valence-corrected chi connectivity index (χ3v) is 1.53. The lowest BCUT2D eigenvalue weighted by molar-refractivity contribution is -0.115. The molecule has 0 atom stereocenters. The fraction of sp³-hybridized carbons (Fsp3) is 0.500. The summed E-state index contributed by atoms with van der Waals surface area (Å²) in [6.07, 6.45) is -0.232. The molecular weight excluding hydrogens is 160 g/mol. The molecule has 0 heterocycles. The van der Waals surface area contributed by atoms with Crippen LogP contribution < -0.4 is 0 Å². The first-order valence-corrected chi connectivity index (χ1v) is 3.86. The van der Waals surface area contributed by atoms with E-state index in [4.69, 9.17) is 4.55 Å². The lowest BCUT2D eigenvalue weighted by Gasteiger charge is -1.89. The topological polar surface area (TPSA) is 88.5 Å². The van der Waals surface area contributed by atoms with Gasteiger partial charge in [0, 0.05) is 12.8 Å². The van der Waals surface area contributed by atoms with E-state index >= 15 is 0 Å². The van der Waals surface area contributed by atoms with Gasteiger partial charge >= 0.3 is 10.1 Å². The third-order valence-electron chi connectivity index (χ3n) is 0.754. The van der Waals surface area contributed by atoms with E-state index in [9.17, 15) is 18.0 Å². The highest BCUT2D eigenvalue weighted by atomic mass is 32.2. The Kier molecular flexibility index (Phi) is 3.17. The highest BCUT2D eigenvalue weighted by Gasteiger charge is 2.16. The molecule has 0 saturated carbocycles. The highest BCUT2D eigenvalue weighted by Crippen LogP contribution is 1.93. The van der Waals surface area contributed by atoms with Crippen molar-refractivity contribution in [2.45, 2.75) is 12.8 Å². The molecule has 0 aliphatic rings. The van der Waals surface area contributed by atoms with Crippen molar-refractivity contribution >= 4 is 21.5 Å².